The van der Waals surface area contributed by atoms with E-state index in [-0.39, 0.29) is 23.7 Å². The summed E-state index contributed by atoms with van der Waals surface area (Å²) in [7, 11) is 0. The fourth-order valence-corrected chi connectivity index (χ4v) is 3.28. The van der Waals surface area contributed by atoms with Crippen LogP contribution in [0.25, 0.3) is 0 Å². The van der Waals surface area contributed by atoms with E-state index >= 15 is 0 Å². The third-order valence-corrected chi connectivity index (χ3v) is 4.93. The SMILES string of the molecule is CC(C)CNC(=O)Nc1cc(C(=O)N2CCC(c3ccc(C#N)cn3)CC2)cnn1. The maximum Gasteiger partial charge on any atom is 0.320 e. The van der Waals surface area contributed by atoms with Crippen molar-refractivity contribution in [2.45, 2.75) is 32.6 Å². The van der Waals surface area contributed by atoms with Crippen molar-refractivity contribution in [3.63, 3.8) is 0 Å². The fourth-order valence-electron chi connectivity index (χ4n) is 3.28. The van der Waals surface area contributed by atoms with Gasteiger partial charge in [-0.15, -0.1) is 5.10 Å². The summed E-state index contributed by atoms with van der Waals surface area (Å²) < 4.78 is 0. The zero-order chi connectivity index (χ0) is 21.5. The highest BCUT2D eigenvalue weighted by Crippen LogP contribution is 2.27. The Morgan fingerprint density at radius 2 is 2.03 bits per heavy atom. The molecule has 1 aliphatic heterocycles. The molecule has 0 spiro atoms. The van der Waals surface area contributed by atoms with Crippen LogP contribution < -0.4 is 10.6 Å². The van der Waals surface area contributed by atoms with Gasteiger partial charge in [-0.1, -0.05) is 13.8 Å². The molecule has 9 heteroatoms. The van der Waals surface area contributed by atoms with E-state index in [4.69, 9.17) is 5.26 Å². The maximum atomic E-state index is 12.9. The van der Waals surface area contributed by atoms with Crippen molar-refractivity contribution < 1.29 is 9.59 Å². The van der Waals surface area contributed by atoms with Gasteiger partial charge < -0.3 is 10.2 Å². The van der Waals surface area contributed by atoms with Crippen LogP contribution in [0.4, 0.5) is 10.6 Å². The molecule has 2 aromatic heterocycles. The molecule has 1 aliphatic rings. The normalized spacial score (nSPS) is 14.3. The number of nitrogens with zero attached hydrogens (tertiary/aromatic N) is 5. The molecule has 0 atom stereocenters. The molecule has 1 fully saturated rings. The topological polar surface area (TPSA) is 124 Å². The molecule has 1 saturated heterocycles. The number of piperidine rings is 1. The summed E-state index contributed by atoms with van der Waals surface area (Å²) >= 11 is 0. The van der Waals surface area contributed by atoms with Crippen molar-refractivity contribution >= 4 is 17.8 Å². The Morgan fingerprint density at radius 3 is 2.67 bits per heavy atom. The van der Waals surface area contributed by atoms with Gasteiger partial charge in [0.05, 0.1) is 17.3 Å². The number of urea groups is 1. The molecule has 0 bridgehead atoms. The maximum absolute atomic E-state index is 12.9. The van der Waals surface area contributed by atoms with Crippen LogP contribution in [0.15, 0.2) is 30.6 Å². The summed E-state index contributed by atoms with van der Waals surface area (Å²) in [5, 5.41) is 22.0. The average Bonchev–Trinajstić information content (AvgIpc) is 2.77. The van der Waals surface area contributed by atoms with Gasteiger partial charge in [0.1, 0.15) is 6.07 Å². The summed E-state index contributed by atoms with van der Waals surface area (Å²) in [5.41, 5.74) is 1.88. The standard InChI is InChI=1S/C21H25N7O2/c1-14(2)11-24-21(30)26-19-9-17(13-25-27-19)20(29)28-7-5-16(6-8-28)18-4-3-15(10-22)12-23-18/h3-4,9,12-14,16H,5-8,11H2,1-2H3,(H2,24,26,27,30). The Kier molecular flexibility index (Phi) is 6.91. The van der Waals surface area contributed by atoms with Crippen LogP contribution in [0.5, 0.6) is 0 Å². The zero-order valence-corrected chi connectivity index (χ0v) is 17.1. The highest BCUT2D eigenvalue weighted by Gasteiger charge is 2.25. The first-order chi connectivity index (χ1) is 14.5. The number of carbonyl (C=O) groups excluding carboxylic acids is 2. The van der Waals surface area contributed by atoms with Crippen LogP contribution in [0.1, 0.15) is 54.2 Å². The summed E-state index contributed by atoms with van der Waals surface area (Å²) in [5.74, 6) is 0.692. The minimum atomic E-state index is -0.377. The van der Waals surface area contributed by atoms with Crippen LogP contribution in [-0.2, 0) is 0 Å². The second-order valence-corrected chi connectivity index (χ2v) is 7.71. The van der Waals surface area contributed by atoms with Gasteiger partial charge in [0, 0.05) is 37.4 Å². The molecule has 30 heavy (non-hydrogen) atoms. The number of carbonyl (C=O) groups is 2. The molecule has 2 aromatic rings. The molecule has 3 rings (SSSR count). The Bertz CT molecular complexity index is 929. The van der Waals surface area contributed by atoms with Crippen molar-refractivity contribution in [3.05, 3.63) is 47.4 Å². The third-order valence-electron chi connectivity index (χ3n) is 4.93. The molecule has 0 unspecified atom stereocenters. The molecular weight excluding hydrogens is 382 g/mol. The second kappa shape index (κ2) is 9.78. The highest BCUT2D eigenvalue weighted by atomic mass is 16.2. The Morgan fingerprint density at radius 1 is 1.27 bits per heavy atom. The van der Waals surface area contributed by atoms with Crippen molar-refractivity contribution in [1.82, 2.24) is 25.4 Å². The van der Waals surface area contributed by atoms with Gasteiger partial charge >= 0.3 is 6.03 Å². The van der Waals surface area contributed by atoms with E-state index in [1.807, 2.05) is 19.9 Å². The highest BCUT2D eigenvalue weighted by molar-refractivity contribution is 5.96. The van der Waals surface area contributed by atoms with E-state index in [1.54, 1.807) is 23.2 Å². The van der Waals surface area contributed by atoms with Gasteiger partial charge in [-0.25, -0.2) is 4.79 Å². The number of pyridine rings is 1. The lowest BCUT2D eigenvalue weighted by molar-refractivity contribution is 0.0711. The number of anilines is 1. The largest absolute Gasteiger partial charge is 0.339 e. The number of nitriles is 1. The van der Waals surface area contributed by atoms with Crippen molar-refractivity contribution in [2.75, 3.05) is 25.0 Å². The average molecular weight is 407 g/mol. The molecule has 3 amide bonds. The molecule has 0 radical (unpaired) electrons. The van der Waals surface area contributed by atoms with Gasteiger partial charge in [0.2, 0.25) is 0 Å². The van der Waals surface area contributed by atoms with Crippen molar-refractivity contribution in [3.8, 4) is 6.07 Å². The Balaban J connectivity index is 1.57. The first-order valence-corrected chi connectivity index (χ1v) is 9.99. The molecule has 0 aliphatic carbocycles. The van der Waals surface area contributed by atoms with Crippen LogP contribution in [0.3, 0.4) is 0 Å². The fraction of sp³-hybridized carbons (Fsp3) is 0.429. The van der Waals surface area contributed by atoms with Crippen LogP contribution in [-0.4, -0.2) is 51.7 Å². The van der Waals surface area contributed by atoms with Crippen LogP contribution in [0, 0.1) is 17.2 Å². The summed E-state index contributed by atoms with van der Waals surface area (Å²) in [6.45, 7) is 5.75. The van der Waals surface area contributed by atoms with E-state index in [9.17, 15) is 9.59 Å². The summed E-state index contributed by atoms with van der Waals surface area (Å²) in [4.78, 5) is 30.9. The minimum Gasteiger partial charge on any atom is -0.339 e. The number of hydrogen-bond donors (Lipinski definition) is 2. The number of hydrogen-bond acceptors (Lipinski definition) is 6. The van der Waals surface area contributed by atoms with Crippen molar-refractivity contribution in [1.29, 1.82) is 5.26 Å². The lowest BCUT2D eigenvalue weighted by Gasteiger charge is -2.31. The van der Waals surface area contributed by atoms with Crippen molar-refractivity contribution in [2.24, 2.45) is 5.92 Å². The Labute approximate surface area is 175 Å². The first-order valence-electron chi connectivity index (χ1n) is 9.99. The lowest BCUT2D eigenvalue weighted by Crippen LogP contribution is -2.38. The van der Waals surface area contributed by atoms with Crippen LogP contribution in [0.2, 0.25) is 0 Å². The minimum absolute atomic E-state index is 0.137. The number of likely N-dealkylation sites (tertiary alicyclic amines) is 1. The van der Waals surface area contributed by atoms with E-state index in [2.05, 4.69) is 31.9 Å². The third kappa shape index (κ3) is 5.50. The number of nitrogens with one attached hydrogen (secondary N) is 2. The molecule has 156 valence electrons. The molecule has 3 heterocycles. The van der Waals surface area contributed by atoms with Gasteiger partial charge in [-0.05, 0) is 37.0 Å². The van der Waals surface area contributed by atoms with Crippen LogP contribution >= 0.6 is 0 Å². The Hall–Kier alpha value is -3.54. The lowest BCUT2D eigenvalue weighted by atomic mass is 9.92. The van der Waals surface area contributed by atoms with E-state index in [0.29, 0.717) is 36.7 Å². The van der Waals surface area contributed by atoms with Gasteiger partial charge in [0.15, 0.2) is 5.82 Å². The van der Waals surface area contributed by atoms with Gasteiger partial charge in [-0.3, -0.25) is 15.1 Å². The number of amides is 3. The van der Waals surface area contributed by atoms with E-state index < -0.39 is 0 Å². The zero-order valence-electron chi connectivity index (χ0n) is 17.1. The molecule has 9 nitrogen and oxygen atoms in total. The van der Waals surface area contributed by atoms with E-state index in [1.165, 1.54) is 6.20 Å². The predicted octanol–water partition coefficient (Wildman–Crippen LogP) is 2.54. The molecule has 0 saturated carbocycles. The predicted molar refractivity (Wildman–Crippen MR) is 111 cm³/mol. The quantitative estimate of drug-likeness (QED) is 0.785. The molecular formula is C21H25N7O2. The van der Waals surface area contributed by atoms with Gasteiger partial charge in [-0.2, -0.15) is 10.4 Å². The number of rotatable bonds is 5. The molecule has 2 N–H and O–H groups in total. The monoisotopic (exact) mass is 407 g/mol. The van der Waals surface area contributed by atoms with E-state index in [0.717, 1.165) is 18.5 Å². The summed E-state index contributed by atoms with van der Waals surface area (Å²) in [6, 6.07) is 6.89. The second-order valence-electron chi connectivity index (χ2n) is 7.71. The summed E-state index contributed by atoms with van der Waals surface area (Å²) in [6.07, 6.45) is 4.59. The smallest absolute Gasteiger partial charge is 0.320 e. The van der Waals surface area contributed by atoms with Gasteiger partial charge in [0.25, 0.3) is 5.91 Å². The number of aromatic nitrogens is 3. The molecule has 0 aromatic carbocycles. The first kappa shape index (κ1) is 21.2.